The van der Waals surface area contributed by atoms with Crippen LogP contribution in [0.2, 0.25) is 0 Å². The normalized spacial score (nSPS) is 13.6. The summed E-state index contributed by atoms with van der Waals surface area (Å²) in [6, 6.07) is -1.81. The molecule has 0 unspecified atom stereocenters. The first kappa shape index (κ1) is 22.7. The first-order valence-corrected chi connectivity index (χ1v) is 8.11. The second-order valence-electron chi connectivity index (χ2n) is 7.17. The van der Waals surface area contributed by atoms with E-state index in [-0.39, 0.29) is 5.92 Å². The number of hydrogen-bond donors (Lipinski definition) is 4. The molecule has 9 nitrogen and oxygen atoms in total. The highest BCUT2D eigenvalue weighted by Gasteiger charge is 2.27. The van der Waals surface area contributed by atoms with E-state index in [1.54, 1.807) is 20.8 Å². The Kier molecular flexibility index (Phi) is 8.94. The molecule has 0 radical (unpaired) electrons. The molecule has 0 saturated carbocycles. The molecule has 2 atom stereocenters. The van der Waals surface area contributed by atoms with E-state index in [4.69, 9.17) is 9.84 Å². The SMILES string of the molecule is CC(C)C[C@H](NC(=O)OC(C)(C)C)C(=O)N[C@@H](C)C(=O)NCC(=O)O. The smallest absolute Gasteiger partial charge is 0.408 e. The van der Waals surface area contributed by atoms with Crippen molar-refractivity contribution in [3.05, 3.63) is 0 Å². The van der Waals surface area contributed by atoms with Crippen molar-refractivity contribution in [2.45, 2.75) is 65.6 Å². The Labute approximate surface area is 147 Å². The van der Waals surface area contributed by atoms with Gasteiger partial charge in [-0.2, -0.15) is 0 Å². The van der Waals surface area contributed by atoms with Crippen molar-refractivity contribution in [1.29, 1.82) is 0 Å². The lowest BCUT2D eigenvalue weighted by Gasteiger charge is -2.25. The third-order valence-corrected chi connectivity index (χ3v) is 2.88. The van der Waals surface area contributed by atoms with Crippen molar-refractivity contribution < 1.29 is 29.0 Å². The largest absolute Gasteiger partial charge is 0.480 e. The van der Waals surface area contributed by atoms with Gasteiger partial charge >= 0.3 is 12.1 Å². The fourth-order valence-electron chi connectivity index (χ4n) is 1.85. The number of nitrogens with one attached hydrogen (secondary N) is 3. The standard InChI is InChI=1S/C16H29N3O6/c1-9(2)7-11(19-15(24)25-16(4,5)6)14(23)18-10(3)13(22)17-8-12(20)21/h9-11H,7-8H2,1-6H3,(H,17,22)(H,18,23)(H,19,24)(H,20,21)/t10-,11-/m0/s1. The van der Waals surface area contributed by atoms with E-state index >= 15 is 0 Å². The highest BCUT2D eigenvalue weighted by atomic mass is 16.6. The van der Waals surface area contributed by atoms with Gasteiger partial charge in [-0.1, -0.05) is 13.8 Å². The van der Waals surface area contributed by atoms with E-state index in [1.807, 2.05) is 13.8 Å². The minimum Gasteiger partial charge on any atom is -0.480 e. The van der Waals surface area contributed by atoms with Crippen molar-refractivity contribution >= 4 is 23.9 Å². The highest BCUT2D eigenvalue weighted by Crippen LogP contribution is 2.09. The zero-order chi connectivity index (χ0) is 19.8. The van der Waals surface area contributed by atoms with Crippen LogP contribution >= 0.6 is 0 Å². The molecule has 9 heteroatoms. The molecule has 4 N–H and O–H groups in total. The van der Waals surface area contributed by atoms with Crippen LogP contribution in [0.1, 0.15) is 48.0 Å². The topological polar surface area (TPSA) is 134 Å². The first-order chi connectivity index (χ1) is 11.3. The number of aliphatic carboxylic acids is 1. The van der Waals surface area contributed by atoms with Crippen molar-refractivity contribution in [1.82, 2.24) is 16.0 Å². The van der Waals surface area contributed by atoms with Crippen LogP contribution in [0, 0.1) is 5.92 Å². The van der Waals surface area contributed by atoms with E-state index in [0.29, 0.717) is 6.42 Å². The van der Waals surface area contributed by atoms with Gasteiger partial charge in [0.15, 0.2) is 0 Å². The molecule has 0 aliphatic carbocycles. The number of carboxylic acid groups (broad SMARTS) is 1. The van der Waals surface area contributed by atoms with Crippen molar-refractivity contribution in [3.63, 3.8) is 0 Å². The molecule has 0 rings (SSSR count). The summed E-state index contributed by atoms with van der Waals surface area (Å²) in [6.45, 7) is 9.79. The molecule has 0 aromatic rings. The molecule has 0 heterocycles. The van der Waals surface area contributed by atoms with Gasteiger partial charge in [0.2, 0.25) is 11.8 Å². The van der Waals surface area contributed by atoms with Crippen LogP contribution in [-0.4, -0.2) is 53.2 Å². The van der Waals surface area contributed by atoms with Gasteiger partial charge in [0.1, 0.15) is 24.2 Å². The van der Waals surface area contributed by atoms with Gasteiger partial charge in [-0.05, 0) is 40.0 Å². The summed E-state index contributed by atoms with van der Waals surface area (Å²) in [5, 5.41) is 15.7. The lowest BCUT2D eigenvalue weighted by Crippen LogP contribution is -2.54. The first-order valence-electron chi connectivity index (χ1n) is 8.11. The van der Waals surface area contributed by atoms with E-state index in [0.717, 1.165) is 0 Å². The van der Waals surface area contributed by atoms with Gasteiger partial charge in [0, 0.05) is 0 Å². The second kappa shape index (κ2) is 9.85. The molecule has 0 saturated heterocycles. The molecular formula is C16H29N3O6. The van der Waals surface area contributed by atoms with Crippen LogP contribution in [0.15, 0.2) is 0 Å². The quantitative estimate of drug-likeness (QED) is 0.502. The lowest BCUT2D eigenvalue weighted by atomic mass is 10.0. The molecule has 0 fully saturated rings. The molecule has 0 aliphatic heterocycles. The summed E-state index contributed by atoms with van der Waals surface area (Å²) < 4.78 is 5.14. The van der Waals surface area contributed by atoms with Gasteiger partial charge in [-0.15, -0.1) is 0 Å². The minimum atomic E-state index is -1.18. The Morgan fingerprint density at radius 1 is 1.00 bits per heavy atom. The summed E-state index contributed by atoms with van der Waals surface area (Å²) in [5.41, 5.74) is -0.701. The van der Waals surface area contributed by atoms with Gasteiger partial charge in [-0.3, -0.25) is 14.4 Å². The number of carbonyl (C=O) groups excluding carboxylic acids is 3. The zero-order valence-corrected chi connectivity index (χ0v) is 15.6. The Bertz CT molecular complexity index is 499. The van der Waals surface area contributed by atoms with E-state index < -0.39 is 48.1 Å². The third kappa shape index (κ3) is 11.0. The summed E-state index contributed by atoms with van der Waals surface area (Å²) in [4.78, 5) is 46.4. The summed E-state index contributed by atoms with van der Waals surface area (Å²) >= 11 is 0. The average Bonchev–Trinajstić information content (AvgIpc) is 2.41. The Balaban J connectivity index is 4.80. The maximum atomic E-state index is 12.4. The summed E-state index contributed by atoms with van der Waals surface area (Å²) in [6.07, 6.45) is -0.370. The molecule has 0 aliphatic rings. The molecule has 25 heavy (non-hydrogen) atoms. The molecule has 3 amide bonds. The van der Waals surface area contributed by atoms with E-state index in [2.05, 4.69) is 16.0 Å². The lowest BCUT2D eigenvalue weighted by molar-refractivity contribution is -0.138. The molecule has 0 bridgehead atoms. The van der Waals surface area contributed by atoms with Gasteiger partial charge in [0.05, 0.1) is 0 Å². The molecular weight excluding hydrogens is 330 g/mol. The van der Waals surface area contributed by atoms with Gasteiger partial charge < -0.3 is 25.8 Å². The number of hydrogen-bond acceptors (Lipinski definition) is 5. The maximum Gasteiger partial charge on any atom is 0.408 e. The van der Waals surface area contributed by atoms with E-state index in [1.165, 1.54) is 6.92 Å². The molecule has 0 aromatic carbocycles. The van der Waals surface area contributed by atoms with Crippen LogP contribution in [0.3, 0.4) is 0 Å². The molecule has 144 valence electrons. The fraction of sp³-hybridized carbons (Fsp3) is 0.750. The maximum absolute atomic E-state index is 12.4. The Morgan fingerprint density at radius 2 is 1.56 bits per heavy atom. The van der Waals surface area contributed by atoms with Crippen molar-refractivity contribution in [2.75, 3.05) is 6.54 Å². The molecule has 0 spiro atoms. The Hall–Kier alpha value is -2.32. The second-order valence-corrected chi connectivity index (χ2v) is 7.17. The average molecular weight is 359 g/mol. The minimum absolute atomic E-state index is 0.113. The van der Waals surface area contributed by atoms with E-state index in [9.17, 15) is 19.2 Å². The number of alkyl carbamates (subject to hydrolysis) is 1. The van der Waals surface area contributed by atoms with Gasteiger partial charge in [0.25, 0.3) is 0 Å². The number of ether oxygens (including phenoxy) is 1. The highest BCUT2D eigenvalue weighted by molar-refractivity contribution is 5.92. The zero-order valence-electron chi connectivity index (χ0n) is 15.6. The van der Waals surface area contributed by atoms with Crippen LogP contribution in [0.25, 0.3) is 0 Å². The van der Waals surface area contributed by atoms with Crippen LogP contribution in [0.4, 0.5) is 4.79 Å². The van der Waals surface area contributed by atoms with Crippen molar-refractivity contribution in [2.24, 2.45) is 5.92 Å². The predicted molar refractivity (Wildman–Crippen MR) is 90.9 cm³/mol. The number of carbonyl (C=O) groups is 4. The van der Waals surface area contributed by atoms with Crippen LogP contribution in [0.5, 0.6) is 0 Å². The molecule has 0 aromatic heterocycles. The summed E-state index contributed by atoms with van der Waals surface area (Å²) in [5.74, 6) is -2.24. The van der Waals surface area contributed by atoms with Gasteiger partial charge in [-0.25, -0.2) is 4.79 Å². The number of amides is 3. The predicted octanol–water partition coefficient (Wildman–Crippen LogP) is 0.631. The van der Waals surface area contributed by atoms with Crippen molar-refractivity contribution in [3.8, 4) is 0 Å². The Morgan fingerprint density at radius 3 is 2.00 bits per heavy atom. The fourth-order valence-corrected chi connectivity index (χ4v) is 1.85. The number of carboxylic acids is 1. The van der Waals surface area contributed by atoms with Crippen LogP contribution in [-0.2, 0) is 19.1 Å². The third-order valence-electron chi connectivity index (χ3n) is 2.88. The monoisotopic (exact) mass is 359 g/mol. The summed E-state index contributed by atoms with van der Waals surface area (Å²) in [7, 11) is 0. The number of rotatable bonds is 8. The van der Waals surface area contributed by atoms with Crippen LogP contribution < -0.4 is 16.0 Å².